The van der Waals surface area contributed by atoms with E-state index in [2.05, 4.69) is 37.2 Å². The Hall–Kier alpha value is -1.55. The van der Waals surface area contributed by atoms with Crippen molar-refractivity contribution in [3.63, 3.8) is 0 Å². The van der Waals surface area contributed by atoms with Crippen LogP contribution >= 0.6 is 11.8 Å². The second-order valence-corrected chi connectivity index (χ2v) is 7.52. The van der Waals surface area contributed by atoms with Gasteiger partial charge >= 0.3 is 0 Å². The number of ketones is 1. The normalized spacial score (nSPS) is 11.3. The van der Waals surface area contributed by atoms with Gasteiger partial charge in [0.1, 0.15) is 0 Å². The first-order chi connectivity index (χ1) is 10.8. The molecule has 0 unspecified atom stereocenters. The molecule has 0 N–H and O–H groups in total. The van der Waals surface area contributed by atoms with Crippen molar-refractivity contribution in [3.8, 4) is 0 Å². The maximum absolute atomic E-state index is 12.4. The number of rotatable bonds is 6. The van der Waals surface area contributed by atoms with Crippen LogP contribution in [-0.2, 0) is 6.54 Å². The number of imidazole rings is 1. The lowest BCUT2D eigenvalue weighted by molar-refractivity contribution is 0.102. The fourth-order valence-corrected chi connectivity index (χ4v) is 3.44. The molecule has 0 aliphatic rings. The molecule has 1 aromatic heterocycles. The van der Waals surface area contributed by atoms with Gasteiger partial charge in [-0.25, -0.2) is 4.98 Å². The van der Waals surface area contributed by atoms with E-state index in [-0.39, 0.29) is 5.78 Å². The predicted molar refractivity (Wildman–Crippen MR) is 97.5 cm³/mol. The van der Waals surface area contributed by atoms with Crippen molar-refractivity contribution in [3.05, 3.63) is 46.3 Å². The zero-order valence-corrected chi connectivity index (χ0v) is 15.8. The van der Waals surface area contributed by atoms with E-state index in [4.69, 9.17) is 0 Å². The van der Waals surface area contributed by atoms with Crippen LogP contribution in [0.4, 0.5) is 0 Å². The Morgan fingerprint density at radius 1 is 1.17 bits per heavy atom. The van der Waals surface area contributed by atoms with Crippen LogP contribution in [0.5, 0.6) is 0 Å². The average Bonchev–Trinajstić information content (AvgIpc) is 2.75. The summed E-state index contributed by atoms with van der Waals surface area (Å²) in [5.74, 6) is 1.14. The number of aryl methyl sites for hydroxylation is 3. The van der Waals surface area contributed by atoms with Gasteiger partial charge in [-0.15, -0.1) is 0 Å². The number of Topliss-reactive ketones (excluding diaryl/α,β-unsaturated/α-hetero) is 1. The van der Waals surface area contributed by atoms with Crippen LogP contribution in [-0.4, -0.2) is 21.1 Å². The van der Waals surface area contributed by atoms with Gasteiger partial charge < -0.3 is 4.57 Å². The Kier molecular flexibility index (Phi) is 5.69. The molecule has 1 aromatic carbocycles. The van der Waals surface area contributed by atoms with Crippen LogP contribution in [0, 0.1) is 33.6 Å². The summed E-state index contributed by atoms with van der Waals surface area (Å²) in [6.45, 7) is 13.6. The lowest BCUT2D eigenvalue weighted by atomic mass is 10.0. The largest absolute Gasteiger partial charge is 0.323 e. The van der Waals surface area contributed by atoms with E-state index in [1.807, 2.05) is 32.0 Å². The quantitative estimate of drug-likeness (QED) is 0.566. The number of carbonyl (C=O) groups is 1. The summed E-state index contributed by atoms with van der Waals surface area (Å²) in [4.78, 5) is 17.1. The molecular formula is C19H26N2OS. The van der Waals surface area contributed by atoms with Crippen molar-refractivity contribution in [2.45, 2.75) is 53.2 Å². The lowest BCUT2D eigenvalue weighted by Crippen LogP contribution is -2.09. The van der Waals surface area contributed by atoms with E-state index in [0.717, 1.165) is 28.5 Å². The first-order valence-corrected chi connectivity index (χ1v) is 9.05. The summed E-state index contributed by atoms with van der Waals surface area (Å²) in [5, 5.41) is 0.950. The molecule has 1 heterocycles. The number of benzene rings is 1. The highest BCUT2D eigenvalue weighted by atomic mass is 32.2. The van der Waals surface area contributed by atoms with Gasteiger partial charge in [0, 0.05) is 17.8 Å². The molecule has 0 atom stereocenters. The first kappa shape index (κ1) is 17.8. The molecule has 0 saturated heterocycles. The summed E-state index contributed by atoms with van der Waals surface area (Å²) in [6.07, 6.45) is 0. The molecule has 0 bridgehead atoms. The molecule has 4 heteroatoms. The van der Waals surface area contributed by atoms with Crippen LogP contribution in [0.2, 0.25) is 0 Å². The average molecular weight is 330 g/mol. The Labute approximate surface area is 143 Å². The second kappa shape index (κ2) is 7.35. The standard InChI is InChI=1S/C19H26N2OS/c1-12(2)10-21-16(6)15(5)20-19(21)23-11-18(22)17-8-7-13(3)14(4)9-17/h7-9,12H,10-11H2,1-6H3. The topological polar surface area (TPSA) is 34.9 Å². The number of thioether (sulfide) groups is 1. The molecule has 0 spiro atoms. The minimum absolute atomic E-state index is 0.160. The zero-order valence-electron chi connectivity index (χ0n) is 14.9. The third-order valence-electron chi connectivity index (χ3n) is 4.13. The fourth-order valence-electron chi connectivity index (χ4n) is 2.44. The Bertz CT molecular complexity index is 716. The van der Waals surface area contributed by atoms with Crippen LogP contribution in [0.1, 0.15) is 46.7 Å². The van der Waals surface area contributed by atoms with Gasteiger partial charge in [0.15, 0.2) is 10.9 Å². The molecule has 0 aliphatic carbocycles. The van der Waals surface area contributed by atoms with Gasteiger partial charge in [-0.1, -0.05) is 37.7 Å². The minimum Gasteiger partial charge on any atom is -0.323 e. The zero-order chi connectivity index (χ0) is 17.1. The monoisotopic (exact) mass is 330 g/mol. The first-order valence-electron chi connectivity index (χ1n) is 8.06. The Morgan fingerprint density at radius 2 is 1.87 bits per heavy atom. The van der Waals surface area contributed by atoms with Crippen molar-refractivity contribution in [2.24, 2.45) is 5.92 Å². The number of hydrogen-bond donors (Lipinski definition) is 0. The van der Waals surface area contributed by atoms with Crippen molar-refractivity contribution in [2.75, 3.05) is 5.75 Å². The number of aromatic nitrogens is 2. The van der Waals surface area contributed by atoms with Crippen molar-refractivity contribution >= 4 is 17.5 Å². The van der Waals surface area contributed by atoms with Gasteiger partial charge in [0.05, 0.1) is 11.4 Å². The molecule has 0 saturated carbocycles. The highest BCUT2D eigenvalue weighted by Crippen LogP contribution is 2.23. The molecule has 0 aliphatic heterocycles. The summed E-state index contributed by atoms with van der Waals surface area (Å²) in [7, 11) is 0. The van der Waals surface area contributed by atoms with E-state index < -0.39 is 0 Å². The molecule has 2 aromatic rings. The van der Waals surface area contributed by atoms with Crippen molar-refractivity contribution < 1.29 is 4.79 Å². The van der Waals surface area contributed by atoms with Crippen LogP contribution in [0.3, 0.4) is 0 Å². The van der Waals surface area contributed by atoms with E-state index in [0.29, 0.717) is 11.7 Å². The van der Waals surface area contributed by atoms with E-state index in [1.54, 1.807) is 0 Å². The molecular weight excluding hydrogens is 304 g/mol. The number of carbonyl (C=O) groups excluding carboxylic acids is 1. The van der Waals surface area contributed by atoms with Gasteiger partial charge in [-0.05, 0) is 50.8 Å². The number of nitrogens with zero attached hydrogens (tertiary/aromatic N) is 2. The summed E-state index contributed by atoms with van der Waals surface area (Å²) >= 11 is 1.54. The molecule has 0 fully saturated rings. The Balaban J connectivity index is 2.12. The van der Waals surface area contributed by atoms with Crippen LogP contribution < -0.4 is 0 Å². The second-order valence-electron chi connectivity index (χ2n) is 6.58. The van der Waals surface area contributed by atoms with Gasteiger partial charge in [0.2, 0.25) is 0 Å². The van der Waals surface area contributed by atoms with E-state index in [9.17, 15) is 4.79 Å². The maximum atomic E-state index is 12.4. The van der Waals surface area contributed by atoms with Gasteiger partial charge in [-0.3, -0.25) is 4.79 Å². The molecule has 3 nitrogen and oxygen atoms in total. The predicted octanol–water partition coefficient (Wildman–Crippen LogP) is 4.75. The smallest absolute Gasteiger partial charge is 0.173 e. The summed E-state index contributed by atoms with van der Waals surface area (Å²) in [6, 6.07) is 5.92. The van der Waals surface area contributed by atoms with Gasteiger partial charge in [0.25, 0.3) is 0 Å². The molecule has 0 amide bonds. The van der Waals surface area contributed by atoms with Crippen LogP contribution in [0.15, 0.2) is 23.4 Å². The summed E-state index contributed by atoms with van der Waals surface area (Å²) < 4.78 is 2.23. The third-order valence-corrected chi connectivity index (χ3v) is 5.11. The maximum Gasteiger partial charge on any atom is 0.173 e. The van der Waals surface area contributed by atoms with Crippen LogP contribution in [0.25, 0.3) is 0 Å². The lowest BCUT2D eigenvalue weighted by Gasteiger charge is -2.12. The third kappa shape index (κ3) is 4.25. The molecule has 23 heavy (non-hydrogen) atoms. The highest BCUT2D eigenvalue weighted by molar-refractivity contribution is 7.99. The minimum atomic E-state index is 0.160. The number of hydrogen-bond acceptors (Lipinski definition) is 3. The SMILES string of the molecule is Cc1ccc(C(=O)CSc2nc(C)c(C)n2CC(C)C)cc1C. The fraction of sp³-hybridized carbons (Fsp3) is 0.474. The van der Waals surface area contributed by atoms with E-state index in [1.165, 1.54) is 23.0 Å². The Morgan fingerprint density at radius 3 is 2.48 bits per heavy atom. The van der Waals surface area contributed by atoms with Crippen molar-refractivity contribution in [1.29, 1.82) is 0 Å². The molecule has 2 rings (SSSR count). The van der Waals surface area contributed by atoms with Gasteiger partial charge in [-0.2, -0.15) is 0 Å². The molecule has 0 radical (unpaired) electrons. The van der Waals surface area contributed by atoms with Crippen molar-refractivity contribution in [1.82, 2.24) is 9.55 Å². The van der Waals surface area contributed by atoms with E-state index >= 15 is 0 Å². The molecule has 124 valence electrons. The highest BCUT2D eigenvalue weighted by Gasteiger charge is 2.15. The summed E-state index contributed by atoms with van der Waals surface area (Å²) in [5.41, 5.74) is 5.41.